The topological polar surface area (TPSA) is 94.3 Å². The SMILES string of the molecule is CC[C@H]1CCN(C[C@@H]2CCCN2C(=O)Cc2cncn2Cc2ccc(C#N)cc2)[C@@H]1C(=O)NCc1cccc(Cl)c1. The zero-order valence-electron chi connectivity index (χ0n) is 23.5. The summed E-state index contributed by atoms with van der Waals surface area (Å²) >= 11 is 6.12. The van der Waals surface area contributed by atoms with E-state index in [1.165, 1.54) is 0 Å². The normalized spacial score (nSPS) is 20.7. The molecule has 0 aliphatic carbocycles. The first-order valence-corrected chi connectivity index (χ1v) is 14.9. The number of aromatic nitrogens is 2. The maximum Gasteiger partial charge on any atom is 0.237 e. The Labute approximate surface area is 246 Å². The Hall–Kier alpha value is -3.67. The van der Waals surface area contributed by atoms with Crippen LogP contribution in [0.2, 0.25) is 5.02 Å². The second-order valence-electron chi connectivity index (χ2n) is 11.1. The molecular formula is C32H37ClN6O2. The molecule has 0 bridgehead atoms. The summed E-state index contributed by atoms with van der Waals surface area (Å²) < 4.78 is 2.00. The first-order valence-electron chi connectivity index (χ1n) is 14.5. The highest BCUT2D eigenvalue weighted by Gasteiger charge is 2.41. The summed E-state index contributed by atoms with van der Waals surface area (Å²) in [7, 11) is 0. The van der Waals surface area contributed by atoms with Crippen molar-refractivity contribution in [3.8, 4) is 6.07 Å². The fraction of sp³-hybridized carbons (Fsp3) is 0.438. The van der Waals surface area contributed by atoms with Crippen LogP contribution in [0.4, 0.5) is 0 Å². The summed E-state index contributed by atoms with van der Waals surface area (Å²) in [6.45, 7) is 5.51. The number of carbonyl (C=O) groups excluding carboxylic acids is 2. The molecule has 2 aliphatic rings. The van der Waals surface area contributed by atoms with Gasteiger partial charge in [-0.25, -0.2) is 4.98 Å². The molecule has 0 radical (unpaired) electrons. The van der Waals surface area contributed by atoms with Crippen LogP contribution in [0.15, 0.2) is 61.1 Å². The zero-order chi connectivity index (χ0) is 28.8. The Morgan fingerprint density at radius 1 is 1.12 bits per heavy atom. The average Bonchev–Trinajstić information content (AvgIpc) is 3.73. The lowest BCUT2D eigenvalue weighted by Crippen LogP contribution is -2.51. The van der Waals surface area contributed by atoms with Gasteiger partial charge in [0.1, 0.15) is 0 Å². The smallest absolute Gasteiger partial charge is 0.237 e. The van der Waals surface area contributed by atoms with Crippen LogP contribution in [0, 0.1) is 17.2 Å². The predicted molar refractivity (Wildman–Crippen MR) is 158 cm³/mol. The Balaban J connectivity index is 1.21. The van der Waals surface area contributed by atoms with Gasteiger partial charge in [0.05, 0.1) is 30.4 Å². The largest absolute Gasteiger partial charge is 0.351 e. The molecule has 2 saturated heterocycles. The van der Waals surface area contributed by atoms with Crippen molar-refractivity contribution in [3.63, 3.8) is 0 Å². The lowest BCUT2D eigenvalue weighted by molar-refractivity contribution is -0.132. The summed E-state index contributed by atoms with van der Waals surface area (Å²) in [6.07, 6.45) is 7.65. The fourth-order valence-corrected chi connectivity index (χ4v) is 6.49. The molecular weight excluding hydrogens is 536 g/mol. The van der Waals surface area contributed by atoms with Crippen LogP contribution >= 0.6 is 11.6 Å². The maximum atomic E-state index is 13.5. The minimum Gasteiger partial charge on any atom is -0.351 e. The molecule has 0 spiro atoms. The van der Waals surface area contributed by atoms with Crippen LogP contribution in [0.1, 0.15) is 55.0 Å². The van der Waals surface area contributed by atoms with Gasteiger partial charge >= 0.3 is 0 Å². The number of carbonyl (C=O) groups is 2. The number of benzene rings is 2. The van der Waals surface area contributed by atoms with Crippen LogP contribution < -0.4 is 5.32 Å². The third-order valence-electron chi connectivity index (χ3n) is 8.49. The number of amides is 2. The molecule has 3 aromatic rings. The molecule has 1 aromatic heterocycles. The van der Waals surface area contributed by atoms with Gasteiger partial charge in [-0.3, -0.25) is 14.5 Å². The summed E-state index contributed by atoms with van der Waals surface area (Å²) in [5.41, 5.74) is 3.53. The van der Waals surface area contributed by atoms with Gasteiger partial charge in [0.25, 0.3) is 0 Å². The minimum absolute atomic E-state index is 0.0527. The van der Waals surface area contributed by atoms with Crippen LogP contribution in [0.3, 0.4) is 0 Å². The number of nitrogens with zero attached hydrogens (tertiary/aromatic N) is 5. The highest BCUT2D eigenvalue weighted by Crippen LogP contribution is 2.30. The monoisotopic (exact) mass is 572 g/mol. The Bertz CT molecular complexity index is 1400. The molecule has 2 aromatic carbocycles. The van der Waals surface area contributed by atoms with Gasteiger partial charge in [-0.05, 0) is 67.1 Å². The van der Waals surface area contributed by atoms with Gasteiger partial charge in [0.15, 0.2) is 0 Å². The number of hydrogen-bond acceptors (Lipinski definition) is 5. The van der Waals surface area contributed by atoms with Crippen LogP contribution in [-0.4, -0.2) is 62.9 Å². The van der Waals surface area contributed by atoms with E-state index in [1.54, 1.807) is 24.7 Å². The molecule has 2 fully saturated rings. The molecule has 41 heavy (non-hydrogen) atoms. The molecule has 214 valence electrons. The van der Waals surface area contributed by atoms with Crippen molar-refractivity contribution in [2.24, 2.45) is 5.92 Å². The molecule has 3 heterocycles. The van der Waals surface area contributed by atoms with Crippen molar-refractivity contribution in [3.05, 3.63) is 88.5 Å². The molecule has 0 unspecified atom stereocenters. The van der Waals surface area contributed by atoms with Gasteiger partial charge in [0.2, 0.25) is 11.8 Å². The molecule has 1 N–H and O–H groups in total. The third-order valence-corrected chi connectivity index (χ3v) is 8.72. The number of nitrogens with one attached hydrogen (secondary N) is 1. The zero-order valence-corrected chi connectivity index (χ0v) is 24.3. The van der Waals surface area contributed by atoms with Gasteiger partial charge in [0, 0.05) is 49.1 Å². The Kier molecular flexibility index (Phi) is 9.38. The van der Waals surface area contributed by atoms with E-state index in [9.17, 15) is 9.59 Å². The van der Waals surface area contributed by atoms with Crippen molar-refractivity contribution in [2.75, 3.05) is 19.6 Å². The molecule has 0 saturated carbocycles. The van der Waals surface area contributed by atoms with Crippen LogP contribution in [0.25, 0.3) is 0 Å². The Morgan fingerprint density at radius 3 is 2.71 bits per heavy atom. The summed E-state index contributed by atoms with van der Waals surface area (Å²) in [4.78, 5) is 35.6. The van der Waals surface area contributed by atoms with Crippen molar-refractivity contribution in [1.82, 2.24) is 24.7 Å². The van der Waals surface area contributed by atoms with Gasteiger partial charge in [-0.1, -0.05) is 49.2 Å². The summed E-state index contributed by atoms with van der Waals surface area (Å²) in [5.74, 6) is 0.454. The molecule has 2 aliphatic heterocycles. The lowest BCUT2D eigenvalue weighted by Gasteiger charge is -2.33. The van der Waals surface area contributed by atoms with Crippen molar-refractivity contribution < 1.29 is 9.59 Å². The van der Waals surface area contributed by atoms with Crippen LogP contribution in [-0.2, 0) is 29.1 Å². The number of imidazole rings is 1. The number of halogens is 1. The second kappa shape index (κ2) is 13.3. The summed E-state index contributed by atoms with van der Waals surface area (Å²) in [6, 6.07) is 17.1. The summed E-state index contributed by atoms with van der Waals surface area (Å²) in [5, 5.41) is 12.9. The van der Waals surface area contributed by atoms with E-state index in [4.69, 9.17) is 16.9 Å². The van der Waals surface area contributed by atoms with Gasteiger partial charge in [-0.2, -0.15) is 5.26 Å². The van der Waals surface area contributed by atoms with Gasteiger partial charge in [-0.15, -0.1) is 0 Å². The van der Waals surface area contributed by atoms with E-state index >= 15 is 0 Å². The average molecular weight is 573 g/mol. The molecule has 5 rings (SSSR count). The van der Waals surface area contributed by atoms with E-state index in [0.717, 1.165) is 55.6 Å². The number of rotatable bonds is 10. The van der Waals surface area contributed by atoms with E-state index in [1.807, 2.05) is 45.9 Å². The predicted octanol–water partition coefficient (Wildman–Crippen LogP) is 4.41. The third kappa shape index (κ3) is 6.98. The second-order valence-corrected chi connectivity index (χ2v) is 11.6. The molecule has 9 heteroatoms. The first kappa shape index (κ1) is 28.8. The number of nitriles is 1. The highest BCUT2D eigenvalue weighted by atomic mass is 35.5. The highest BCUT2D eigenvalue weighted by molar-refractivity contribution is 6.30. The fourth-order valence-electron chi connectivity index (χ4n) is 6.28. The standard InChI is InChI=1S/C32H37ClN6O2/c1-2-26-12-14-37(31(26)32(41)36-18-25-5-3-6-27(33)15-25)21-28-7-4-13-39(28)30(40)16-29-19-35-22-38(29)20-24-10-8-23(17-34)9-11-24/h3,5-6,8-11,15,19,22,26,28,31H,2,4,7,12-14,16,18,20-21H2,1H3,(H,36,41)/t26-,28-,31-/m0/s1. The van der Waals surface area contributed by atoms with E-state index < -0.39 is 0 Å². The minimum atomic E-state index is -0.189. The first-order chi connectivity index (χ1) is 19.9. The van der Waals surface area contributed by atoms with Crippen molar-refractivity contribution in [1.29, 1.82) is 5.26 Å². The van der Waals surface area contributed by atoms with E-state index in [-0.39, 0.29) is 30.3 Å². The lowest BCUT2D eigenvalue weighted by atomic mass is 9.96. The van der Waals surface area contributed by atoms with Gasteiger partial charge < -0.3 is 14.8 Å². The number of likely N-dealkylation sites (tertiary alicyclic amines) is 2. The molecule has 3 atom stereocenters. The molecule has 8 nitrogen and oxygen atoms in total. The van der Waals surface area contributed by atoms with Crippen LogP contribution in [0.5, 0.6) is 0 Å². The van der Waals surface area contributed by atoms with Crippen molar-refractivity contribution in [2.45, 2.75) is 64.2 Å². The quantitative estimate of drug-likeness (QED) is 0.388. The number of hydrogen-bond donors (Lipinski definition) is 1. The molecule has 2 amide bonds. The maximum absolute atomic E-state index is 13.5. The van der Waals surface area contributed by atoms with E-state index in [0.29, 0.717) is 36.1 Å². The van der Waals surface area contributed by atoms with Crippen molar-refractivity contribution >= 4 is 23.4 Å². The Morgan fingerprint density at radius 2 is 1.95 bits per heavy atom. The van der Waals surface area contributed by atoms with E-state index in [2.05, 4.69) is 28.2 Å².